The van der Waals surface area contributed by atoms with Gasteiger partial charge in [-0.15, -0.1) is 0 Å². The van der Waals surface area contributed by atoms with Gasteiger partial charge in [-0.2, -0.15) is 0 Å². The molecule has 1 saturated carbocycles. The van der Waals surface area contributed by atoms with Crippen LogP contribution in [0.15, 0.2) is 91.0 Å². The van der Waals surface area contributed by atoms with Crippen molar-refractivity contribution in [2.75, 3.05) is 0 Å². The van der Waals surface area contributed by atoms with Crippen LogP contribution < -0.4 is 14.2 Å². The van der Waals surface area contributed by atoms with Gasteiger partial charge in [-0.05, 0) is 55.7 Å². The van der Waals surface area contributed by atoms with Crippen molar-refractivity contribution in [1.29, 1.82) is 0 Å². The van der Waals surface area contributed by atoms with Crippen molar-refractivity contribution in [1.82, 2.24) is 0 Å². The molecule has 1 unspecified atom stereocenters. The lowest BCUT2D eigenvalue weighted by Crippen LogP contribution is -2.67. The van der Waals surface area contributed by atoms with Gasteiger partial charge in [0, 0.05) is 6.42 Å². The third-order valence-electron chi connectivity index (χ3n) is 5.35. The topological polar surface area (TPSA) is 27.7 Å². The maximum atomic E-state index is 6.62. The van der Waals surface area contributed by atoms with Crippen LogP contribution in [0, 0.1) is 0 Å². The molecule has 28 heavy (non-hydrogen) atoms. The molecule has 4 rings (SSSR count). The lowest BCUT2D eigenvalue weighted by molar-refractivity contribution is -0.214. The number of rotatable bonds is 6. The molecule has 144 valence electrons. The Balaban J connectivity index is 1.74. The van der Waals surface area contributed by atoms with Gasteiger partial charge in [-0.3, -0.25) is 0 Å². The van der Waals surface area contributed by atoms with E-state index in [0.29, 0.717) is 0 Å². The zero-order valence-electron chi connectivity index (χ0n) is 16.2. The Morgan fingerprint density at radius 3 is 1.39 bits per heavy atom. The van der Waals surface area contributed by atoms with E-state index in [1.54, 1.807) is 0 Å². The van der Waals surface area contributed by atoms with E-state index < -0.39 is 11.0 Å². The summed E-state index contributed by atoms with van der Waals surface area (Å²) in [5.74, 6) is 1.60. The molecule has 0 N–H and O–H groups in total. The largest absolute Gasteiger partial charge is 0.484 e. The smallest absolute Gasteiger partial charge is 0.286 e. The van der Waals surface area contributed by atoms with E-state index in [1.807, 2.05) is 91.0 Å². The first-order valence-corrected chi connectivity index (χ1v) is 10.9. The monoisotopic (exact) mass is 390 g/mol. The van der Waals surface area contributed by atoms with E-state index in [-0.39, 0.29) is 0 Å². The van der Waals surface area contributed by atoms with Gasteiger partial charge in [0.1, 0.15) is 17.2 Å². The van der Waals surface area contributed by atoms with Crippen molar-refractivity contribution < 1.29 is 14.2 Å². The van der Waals surface area contributed by atoms with Crippen molar-refractivity contribution >= 4 is 10.2 Å². The molecule has 3 nitrogen and oxygen atoms in total. The van der Waals surface area contributed by atoms with Gasteiger partial charge in [0.25, 0.3) is 5.79 Å². The Bertz CT molecular complexity index is 829. The highest BCUT2D eigenvalue weighted by Crippen LogP contribution is 2.43. The molecule has 1 fully saturated rings. The fourth-order valence-electron chi connectivity index (χ4n) is 3.85. The van der Waals surface area contributed by atoms with Crippen LogP contribution in [0.2, 0.25) is 0 Å². The summed E-state index contributed by atoms with van der Waals surface area (Å²) in [6.45, 7) is 0. The number of hydrogen-bond acceptors (Lipinski definition) is 3. The molecular formula is C24H26O3Si. The van der Waals surface area contributed by atoms with Crippen LogP contribution in [-0.2, 0) is 0 Å². The zero-order chi connectivity index (χ0) is 19.3. The highest BCUT2D eigenvalue weighted by molar-refractivity contribution is 6.15. The van der Waals surface area contributed by atoms with Gasteiger partial charge in [0.15, 0.2) is 5.22 Å². The number of ether oxygens (including phenoxy) is 3. The van der Waals surface area contributed by atoms with Crippen molar-refractivity contribution in [3.8, 4) is 17.2 Å². The predicted octanol–water partition coefficient (Wildman–Crippen LogP) is 4.56. The van der Waals surface area contributed by atoms with E-state index in [4.69, 9.17) is 14.2 Å². The van der Waals surface area contributed by atoms with Gasteiger partial charge in [0.05, 0.1) is 10.2 Å². The fraction of sp³-hybridized carbons (Fsp3) is 0.250. The van der Waals surface area contributed by atoms with Crippen LogP contribution in [0.5, 0.6) is 17.2 Å². The fourth-order valence-corrected chi connectivity index (χ4v) is 4.89. The van der Waals surface area contributed by atoms with Crippen molar-refractivity contribution in [3.05, 3.63) is 91.0 Å². The highest BCUT2D eigenvalue weighted by atomic mass is 28.1. The van der Waals surface area contributed by atoms with E-state index in [0.717, 1.165) is 53.2 Å². The summed E-state index contributed by atoms with van der Waals surface area (Å²) in [6.07, 6.45) is 3.84. The van der Waals surface area contributed by atoms with Gasteiger partial charge in [0.2, 0.25) is 0 Å². The Morgan fingerprint density at radius 1 is 0.536 bits per heavy atom. The van der Waals surface area contributed by atoms with Gasteiger partial charge >= 0.3 is 0 Å². The van der Waals surface area contributed by atoms with Crippen molar-refractivity contribution in [3.63, 3.8) is 0 Å². The number of para-hydroxylation sites is 3. The molecule has 0 radical (unpaired) electrons. The van der Waals surface area contributed by atoms with E-state index in [9.17, 15) is 0 Å². The third kappa shape index (κ3) is 3.92. The second kappa shape index (κ2) is 8.11. The Hall–Kier alpha value is -2.72. The first kappa shape index (κ1) is 18.6. The predicted molar refractivity (Wildman–Crippen MR) is 115 cm³/mol. The molecule has 3 aromatic carbocycles. The second-order valence-electron chi connectivity index (χ2n) is 7.44. The molecule has 0 aliphatic heterocycles. The molecule has 0 spiro atoms. The molecular weight excluding hydrogens is 364 g/mol. The lowest BCUT2D eigenvalue weighted by Gasteiger charge is -2.50. The minimum absolute atomic E-state index is 0.502. The summed E-state index contributed by atoms with van der Waals surface area (Å²) in [6, 6.07) is 29.9. The maximum Gasteiger partial charge on any atom is 0.286 e. The SMILES string of the molecule is [SiH3]C1(Oc2ccccc2)CCCCC1(Oc1ccccc1)Oc1ccccc1. The molecule has 0 aromatic heterocycles. The molecule has 0 bridgehead atoms. The average Bonchev–Trinajstić information content (AvgIpc) is 2.73. The maximum absolute atomic E-state index is 6.62. The molecule has 3 aromatic rings. The summed E-state index contributed by atoms with van der Waals surface area (Å²) >= 11 is 0. The number of benzene rings is 3. The summed E-state index contributed by atoms with van der Waals surface area (Å²) in [5, 5.41) is -0.502. The van der Waals surface area contributed by atoms with Crippen molar-refractivity contribution in [2.45, 2.75) is 36.7 Å². The van der Waals surface area contributed by atoms with Crippen LogP contribution >= 0.6 is 0 Å². The van der Waals surface area contributed by atoms with Crippen LogP contribution in [0.25, 0.3) is 0 Å². The Kier molecular flexibility index (Phi) is 5.40. The quantitative estimate of drug-likeness (QED) is 0.456. The third-order valence-corrected chi connectivity index (χ3v) is 6.82. The van der Waals surface area contributed by atoms with Gasteiger partial charge in [-0.1, -0.05) is 54.6 Å². The molecule has 0 amide bonds. The summed E-state index contributed by atoms with van der Waals surface area (Å²) < 4.78 is 19.9. The second-order valence-corrected chi connectivity index (χ2v) is 9.05. The van der Waals surface area contributed by atoms with Crippen LogP contribution in [0.1, 0.15) is 25.7 Å². The summed E-state index contributed by atoms with van der Waals surface area (Å²) in [5.41, 5.74) is 0. The normalized spacial score (nSPS) is 21.0. The van der Waals surface area contributed by atoms with Crippen LogP contribution in [0.4, 0.5) is 0 Å². The van der Waals surface area contributed by atoms with E-state index >= 15 is 0 Å². The summed E-state index contributed by atoms with van der Waals surface area (Å²) in [4.78, 5) is 0. The minimum Gasteiger partial charge on any atom is -0.484 e. The first-order valence-electron chi connectivity index (χ1n) is 9.91. The van der Waals surface area contributed by atoms with Crippen LogP contribution in [0.3, 0.4) is 0 Å². The van der Waals surface area contributed by atoms with Crippen LogP contribution in [-0.4, -0.2) is 21.3 Å². The van der Waals surface area contributed by atoms with E-state index in [2.05, 4.69) is 0 Å². The molecule has 4 heteroatoms. The highest BCUT2D eigenvalue weighted by Gasteiger charge is 2.56. The average molecular weight is 391 g/mol. The minimum atomic E-state index is -0.865. The Labute approximate surface area is 169 Å². The molecule has 1 atom stereocenters. The number of hydrogen-bond donors (Lipinski definition) is 0. The zero-order valence-corrected chi connectivity index (χ0v) is 18.2. The molecule has 1 aliphatic carbocycles. The molecule has 0 saturated heterocycles. The van der Waals surface area contributed by atoms with Gasteiger partial charge in [-0.25, -0.2) is 0 Å². The van der Waals surface area contributed by atoms with E-state index in [1.165, 1.54) is 0 Å². The Morgan fingerprint density at radius 2 is 0.929 bits per heavy atom. The first-order chi connectivity index (χ1) is 13.7. The van der Waals surface area contributed by atoms with Crippen molar-refractivity contribution in [2.24, 2.45) is 0 Å². The molecule has 0 heterocycles. The molecule has 1 aliphatic rings. The lowest BCUT2D eigenvalue weighted by atomic mass is 9.89. The standard InChI is InChI=1S/C24H26O3Si/c28-24(27-22-16-8-3-9-17-22)19-11-10-18-23(24,25-20-12-4-1-5-13-20)26-21-14-6-2-7-15-21/h1-9,12-17H,10-11,18-19H2,28H3. The van der Waals surface area contributed by atoms with Gasteiger partial charge < -0.3 is 14.2 Å². The summed E-state index contributed by atoms with van der Waals surface area (Å²) in [7, 11) is 0.771.